The third kappa shape index (κ3) is 1.70. The standard InChI is InChI=1S/C18H24O3/c1-12-10-17(8-5-13(12)9-14(17)20)18(11-19)7-4-6-16(2,3)15(18)21/h4,7,10,13,19H,5-6,8-9,11H2,1-3H3/t13?,17?,18-/m0/s1. The molecule has 0 aromatic rings. The first-order valence-corrected chi connectivity index (χ1v) is 7.85. The van der Waals surface area contributed by atoms with Crippen LogP contribution in [-0.2, 0) is 9.59 Å². The first-order valence-electron chi connectivity index (χ1n) is 7.85. The fraction of sp³-hybridized carbons (Fsp3) is 0.667. The smallest absolute Gasteiger partial charge is 0.152 e. The highest BCUT2D eigenvalue weighted by Crippen LogP contribution is 2.59. The molecule has 0 amide bonds. The topological polar surface area (TPSA) is 54.4 Å². The van der Waals surface area contributed by atoms with Crippen LogP contribution in [0.25, 0.3) is 0 Å². The third-order valence-corrected chi connectivity index (χ3v) is 6.03. The molecule has 0 spiro atoms. The quantitative estimate of drug-likeness (QED) is 0.795. The van der Waals surface area contributed by atoms with Crippen LogP contribution in [0.4, 0.5) is 0 Å². The van der Waals surface area contributed by atoms with Crippen LogP contribution in [0, 0.1) is 22.2 Å². The summed E-state index contributed by atoms with van der Waals surface area (Å²) in [7, 11) is 0. The summed E-state index contributed by atoms with van der Waals surface area (Å²) in [6.07, 6.45) is 8.62. The van der Waals surface area contributed by atoms with E-state index in [0.29, 0.717) is 25.2 Å². The molecular formula is C18H24O3. The minimum atomic E-state index is -1.07. The van der Waals surface area contributed by atoms with E-state index < -0.39 is 16.2 Å². The first kappa shape index (κ1) is 14.7. The number of allylic oxidation sites excluding steroid dienone is 3. The summed E-state index contributed by atoms with van der Waals surface area (Å²) < 4.78 is 0. The molecule has 4 aliphatic carbocycles. The Morgan fingerprint density at radius 2 is 2.05 bits per heavy atom. The molecule has 0 radical (unpaired) electrons. The average Bonchev–Trinajstić information content (AvgIpc) is 2.43. The van der Waals surface area contributed by atoms with E-state index in [9.17, 15) is 14.7 Å². The molecule has 114 valence electrons. The average molecular weight is 288 g/mol. The maximum absolute atomic E-state index is 13.1. The number of Topliss-reactive ketones (excluding diaryl/α,β-unsaturated/α-hetero) is 2. The van der Waals surface area contributed by atoms with Crippen molar-refractivity contribution >= 4 is 11.6 Å². The van der Waals surface area contributed by atoms with Gasteiger partial charge in [0.15, 0.2) is 5.78 Å². The summed E-state index contributed by atoms with van der Waals surface area (Å²) in [5.41, 5.74) is -1.22. The Morgan fingerprint density at radius 3 is 2.62 bits per heavy atom. The Balaban J connectivity index is 2.22. The fourth-order valence-corrected chi connectivity index (χ4v) is 4.64. The molecule has 1 N–H and O–H groups in total. The van der Waals surface area contributed by atoms with Crippen LogP contribution in [0.2, 0.25) is 0 Å². The van der Waals surface area contributed by atoms with Crippen LogP contribution in [-0.4, -0.2) is 23.3 Å². The molecule has 3 atom stereocenters. The highest BCUT2D eigenvalue weighted by molar-refractivity contribution is 6.02. The number of hydrogen-bond acceptors (Lipinski definition) is 3. The number of carbonyl (C=O) groups excluding carboxylic acids is 2. The zero-order chi connectivity index (χ0) is 15.5. The second-order valence-corrected chi connectivity index (χ2v) is 7.67. The predicted octanol–water partition coefficient (Wildman–Crippen LogP) is 2.84. The lowest BCUT2D eigenvalue weighted by molar-refractivity contribution is -0.155. The van der Waals surface area contributed by atoms with Gasteiger partial charge in [-0.1, -0.05) is 37.6 Å². The van der Waals surface area contributed by atoms with Crippen LogP contribution in [0.3, 0.4) is 0 Å². The van der Waals surface area contributed by atoms with Gasteiger partial charge in [0.05, 0.1) is 17.4 Å². The molecule has 4 aliphatic rings. The minimum Gasteiger partial charge on any atom is -0.395 e. The lowest BCUT2D eigenvalue weighted by atomic mass is 9.46. The van der Waals surface area contributed by atoms with Crippen molar-refractivity contribution in [2.45, 2.75) is 46.5 Å². The summed E-state index contributed by atoms with van der Waals surface area (Å²) in [6, 6.07) is 0. The van der Waals surface area contributed by atoms with Crippen LogP contribution < -0.4 is 0 Å². The normalized spacial score (nSPS) is 41.3. The van der Waals surface area contributed by atoms with Crippen molar-refractivity contribution in [1.29, 1.82) is 0 Å². The lowest BCUT2D eigenvalue weighted by Crippen LogP contribution is -2.60. The molecule has 3 nitrogen and oxygen atoms in total. The Labute approximate surface area is 126 Å². The van der Waals surface area contributed by atoms with Gasteiger partial charge in [-0.15, -0.1) is 0 Å². The number of aliphatic hydroxyl groups excluding tert-OH is 1. The van der Waals surface area contributed by atoms with Crippen LogP contribution >= 0.6 is 0 Å². The summed E-state index contributed by atoms with van der Waals surface area (Å²) in [5, 5.41) is 10.2. The molecule has 2 unspecified atom stereocenters. The fourth-order valence-electron chi connectivity index (χ4n) is 4.64. The Hall–Kier alpha value is -1.22. The number of ketones is 2. The second kappa shape index (κ2) is 4.39. The zero-order valence-electron chi connectivity index (χ0n) is 13.1. The van der Waals surface area contributed by atoms with E-state index >= 15 is 0 Å². The van der Waals surface area contributed by atoms with E-state index in [1.54, 1.807) is 0 Å². The number of carbonyl (C=O) groups is 2. The van der Waals surface area contributed by atoms with E-state index in [1.807, 2.05) is 32.1 Å². The molecule has 0 heterocycles. The van der Waals surface area contributed by atoms with Gasteiger partial charge in [0.25, 0.3) is 0 Å². The van der Waals surface area contributed by atoms with Gasteiger partial charge < -0.3 is 5.11 Å². The largest absolute Gasteiger partial charge is 0.395 e. The van der Waals surface area contributed by atoms with Crippen LogP contribution in [0.5, 0.6) is 0 Å². The van der Waals surface area contributed by atoms with Gasteiger partial charge in [0, 0.05) is 11.8 Å². The van der Waals surface area contributed by atoms with Crippen LogP contribution in [0.15, 0.2) is 23.8 Å². The monoisotopic (exact) mass is 288 g/mol. The number of hydrogen-bond donors (Lipinski definition) is 1. The van der Waals surface area contributed by atoms with Gasteiger partial charge in [0.2, 0.25) is 0 Å². The maximum atomic E-state index is 13.1. The summed E-state index contributed by atoms with van der Waals surface area (Å²) in [6.45, 7) is 5.59. The maximum Gasteiger partial charge on any atom is 0.152 e. The second-order valence-electron chi connectivity index (χ2n) is 7.67. The van der Waals surface area contributed by atoms with Gasteiger partial charge in [0.1, 0.15) is 5.78 Å². The van der Waals surface area contributed by atoms with Crippen molar-refractivity contribution in [1.82, 2.24) is 0 Å². The lowest BCUT2D eigenvalue weighted by Gasteiger charge is -2.54. The van der Waals surface area contributed by atoms with Crippen molar-refractivity contribution in [3.63, 3.8) is 0 Å². The molecule has 1 saturated carbocycles. The summed E-state index contributed by atoms with van der Waals surface area (Å²) in [5.74, 6) is 0.484. The predicted molar refractivity (Wildman–Crippen MR) is 80.6 cm³/mol. The number of rotatable bonds is 2. The molecule has 0 saturated heterocycles. The van der Waals surface area contributed by atoms with E-state index in [2.05, 4.69) is 6.92 Å². The van der Waals surface area contributed by atoms with Crippen molar-refractivity contribution in [3.8, 4) is 0 Å². The molecule has 2 bridgehead atoms. The Bertz CT molecular complexity index is 569. The number of fused-ring (bicyclic) bond motifs is 2. The summed E-state index contributed by atoms with van der Waals surface area (Å²) >= 11 is 0. The van der Waals surface area contributed by atoms with Crippen molar-refractivity contribution in [2.24, 2.45) is 22.2 Å². The van der Waals surface area contributed by atoms with Gasteiger partial charge in [-0.2, -0.15) is 0 Å². The molecule has 3 heteroatoms. The van der Waals surface area contributed by atoms with E-state index in [4.69, 9.17) is 0 Å². The van der Waals surface area contributed by atoms with Crippen molar-refractivity contribution in [3.05, 3.63) is 23.8 Å². The SMILES string of the molecule is CC1=CC2([C@]3(CO)C=CCC(C)(C)C3=O)CCC1CC2=O. The molecule has 1 fully saturated rings. The molecule has 0 aliphatic heterocycles. The molecule has 0 aromatic heterocycles. The van der Waals surface area contributed by atoms with Gasteiger partial charge in [-0.25, -0.2) is 0 Å². The minimum absolute atomic E-state index is 0.0118. The molecule has 0 aromatic carbocycles. The Kier molecular flexibility index (Phi) is 3.07. The number of aliphatic hydroxyl groups is 1. The summed E-state index contributed by atoms with van der Waals surface area (Å²) in [4.78, 5) is 25.9. The van der Waals surface area contributed by atoms with Crippen molar-refractivity contribution < 1.29 is 14.7 Å². The van der Waals surface area contributed by atoms with Crippen LogP contribution in [0.1, 0.15) is 46.5 Å². The van der Waals surface area contributed by atoms with Crippen molar-refractivity contribution in [2.75, 3.05) is 6.61 Å². The highest BCUT2D eigenvalue weighted by atomic mass is 16.3. The van der Waals surface area contributed by atoms with E-state index in [0.717, 1.165) is 6.42 Å². The van der Waals surface area contributed by atoms with Gasteiger partial charge in [-0.05, 0) is 32.1 Å². The molecule has 4 rings (SSSR count). The molecular weight excluding hydrogens is 264 g/mol. The zero-order valence-corrected chi connectivity index (χ0v) is 13.1. The highest BCUT2D eigenvalue weighted by Gasteiger charge is 2.63. The Morgan fingerprint density at radius 1 is 1.33 bits per heavy atom. The third-order valence-electron chi connectivity index (χ3n) is 6.03. The van der Waals surface area contributed by atoms with Gasteiger partial charge >= 0.3 is 0 Å². The van der Waals surface area contributed by atoms with E-state index in [-0.39, 0.29) is 18.2 Å². The van der Waals surface area contributed by atoms with Gasteiger partial charge in [-0.3, -0.25) is 9.59 Å². The first-order chi connectivity index (χ1) is 9.79. The molecule has 21 heavy (non-hydrogen) atoms. The van der Waals surface area contributed by atoms with E-state index in [1.165, 1.54) is 5.57 Å².